The lowest BCUT2D eigenvalue weighted by molar-refractivity contribution is 0.174. The van der Waals surface area contributed by atoms with Crippen molar-refractivity contribution in [3.63, 3.8) is 0 Å². The van der Waals surface area contributed by atoms with E-state index in [4.69, 9.17) is 9.47 Å². The molecule has 6 heteroatoms. The largest absolute Gasteiger partial charge is 0.454 e. The molecule has 1 aliphatic heterocycles. The minimum atomic E-state index is 0.258. The van der Waals surface area contributed by atoms with Crippen LogP contribution in [-0.2, 0) is 0 Å². The molecule has 0 bridgehead atoms. The summed E-state index contributed by atoms with van der Waals surface area (Å²) in [4.78, 5) is 9.31. The van der Waals surface area contributed by atoms with E-state index in [1.807, 2.05) is 54.6 Å². The zero-order valence-electron chi connectivity index (χ0n) is 14.1. The molecule has 1 fully saturated rings. The lowest BCUT2D eigenvalue weighted by Gasteiger charge is -2.11. The molecule has 0 spiro atoms. The van der Waals surface area contributed by atoms with Gasteiger partial charge in [0, 0.05) is 29.4 Å². The van der Waals surface area contributed by atoms with Gasteiger partial charge in [0.25, 0.3) is 0 Å². The summed E-state index contributed by atoms with van der Waals surface area (Å²) in [6, 6.07) is 18.3. The van der Waals surface area contributed by atoms with Crippen molar-refractivity contribution in [1.29, 1.82) is 0 Å². The average Bonchev–Trinajstić information content (AvgIpc) is 3.36. The first-order valence-electron chi connectivity index (χ1n) is 8.71. The molecule has 6 nitrogen and oxygen atoms in total. The molecule has 3 aromatic rings. The molecule has 1 aliphatic carbocycles. The van der Waals surface area contributed by atoms with Crippen LogP contribution >= 0.6 is 0 Å². The van der Waals surface area contributed by atoms with Crippen molar-refractivity contribution < 1.29 is 9.47 Å². The number of fused-ring (bicyclic) bond motifs is 1. The van der Waals surface area contributed by atoms with Crippen LogP contribution in [0.5, 0.6) is 11.5 Å². The van der Waals surface area contributed by atoms with E-state index < -0.39 is 0 Å². The van der Waals surface area contributed by atoms with Gasteiger partial charge in [0.1, 0.15) is 5.82 Å². The van der Waals surface area contributed by atoms with Gasteiger partial charge in [-0.15, -0.1) is 0 Å². The van der Waals surface area contributed by atoms with Gasteiger partial charge in [-0.3, -0.25) is 0 Å². The number of nitrogens with one attached hydrogen (secondary N) is 2. The monoisotopic (exact) mass is 346 g/mol. The van der Waals surface area contributed by atoms with Crippen LogP contribution in [0.15, 0.2) is 54.6 Å². The van der Waals surface area contributed by atoms with Crippen molar-refractivity contribution in [3.8, 4) is 22.8 Å². The van der Waals surface area contributed by atoms with E-state index in [2.05, 4.69) is 20.6 Å². The summed E-state index contributed by atoms with van der Waals surface area (Å²) in [6.45, 7) is 0.258. The molecule has 130 valence electrons. The topological polar surface area (TPSA) is 68.3 Å². The second kappa shape index (κ2) is 6.22. The maximum absolute atomic E-state index is 5.44. The first kappa shape index (κ1) is 15.0. The fourth-order valence-corrected chi connectivity index (χ4v) is 2.87. The van der Waals surface area contributed by atoms with E-state index in [-0.39, 0.29) is 6.79 Å². The van der Waals surface area contributed by atoms with E-state index in [1.54, 1.807) is 0 Å². The Morgan fingerprint density at radius 2 is 1.73 bits per heavy atom. The highest BCUT2D eigenvalue weighted by molar-refractivity contribution is 5.67. The SMILES string of the molecule is c1ccc(-c2cc(NC3CC3)nc(Nc3ccc4c(c3)OCO4)n2)cc1. The van der Waals surface area contributed by atoms with Crippen molar-refractivity contribution in [1.82, 2.24) is 9.97 Å². The van der Waals surface area contributed by atoms with E-state index >= 15 is 0 Å². The third-order valence-corrected chi connectivity index (χ3v) is 4.35. The Morgan fingerprint density at radius 3 is 2.58 bits per heavy atom. The predicted octanol–water partition coefficient (Wildman–Crippen LogP) is 4.19. The molecule has 0 saturated heterocycles. The van der Waals surface area contributed by atoms with Crippen LogP contribution < -0.4 is 20.1 Å². The molecule has 26 heavy (non-hydrogen) atoms. The van der Waals surface area contributed by atoms with Gasteiger partial charge in [-0.25, -0.2) is 4.98 Å². The molecule has 1 aromatic heterocycles. The number of rotatable bonds is 5. The Bertz CT molecular complexity index is 942. The summed E-state index contributed by atoms with van der Waals surface area (Å²) in [7, 11) is 0. The maximum Gasteiger partial charge on any atom is 0.231 e. The molecule has 0 amide bonds. The quantitative estimate of drug-likeness (QED) is 0.722. The minimum Gasteiger partial charge on any atom is -0.454 e. The van der Waals surface area contributed by atoms with Crippen molar-refractivity contribution in [2.24, 2.45) is 0 Å². The third kappa shape index (κ3) is 3.13. The van der Waals surface area contributed by atoms with Crippen LogP contribution in [0.1, 0.15) is 12.8 Å². The highest BCUT2D eigenvalue weighted by atomic mass is 16.7. The Hall–Kier alpha value is -3.28. The van der Waals surface area contributed by atoms with Crippen LogP contribution in [0.3, 0.4) is 0 Å². The number of anilines is 3. The standard InChI is InChI=1S/C20H18N4O2/c1-2-4-13(5-3-1)16-11-19(21-14-6-7-14)24-20(23-16)22-15-8-9-17-18(10-15)26-12-25-17/h1-5,8-11,14H,6-7,12H2,(H2,21,22,23,24). The number of hydrogen-bond donors (Lipinski definition) is 2. The van der Waals surface area contributed by atoms with Crippen LogP contribution in [0.25, 0.3) is 11.3 Å². The second-order valence-electron chi connectivity index (χ2n) is 6.44. The lowest BCUT2D eigenvalue weighted by atomic mass is 10.1. The van der Waals surface area contributed by atoms with Crippen LogP contribution in [0.4, 0.5) is 17.5 Å². The van der Waals surface area contributed by atoms with Gasteiger partial charge in [0.2, 0.25) is 12.7 Å². The van der Waals surface area contributed by atoms with Gasteiger partial charge >= 0.3 is 0 Å². The highest BCUT2D eigenvalue weighted by Gasteiger charge is 2.22. The minimum absolute atomic E-state index is 0.258. The van der Waals surface area contributed by atoms with Gasteiger partial charge in [0.15, 0.2) is 11.5 Å². The first-order chi connectivity index (χ1) is 12.8. The van der Waals surface area contributed by atoms with E-state index in [0.717, 1.165) is 34.3 Å². The number of hydrogen-bond acceptors (Lipinski definition) is 6. The number of aromatic nitrogens is 2. The zero-order chi connectivity index (χ0) is 17.3. The van der Waals surface area contributed by atoms with Gasteiger partial charge < -0.3 is 20.1 Å². The van der Waals surface area contributed by atoms with E-state index in [1.165, 1.54) is 12.8 Å². The van der Waals surface area contributed by atoms with Crippen molar-refractivity contribution in [2.75, 3.05) is 17.4 Å². The van der Waals surface area contributed by atoms with E-state index in [0.29, 0.717) is 12.0 Å². The molecule has 1 saturated carbocycles. The fourth-order valence-electron chi connectivity index (χ4n) is 2.87. The molecule has 5 rings (SSSR count). The zero-order valence-corrected chi connectivity index (χ0v) is 14.1. The van der Waals surface area contributed by atoms with Crippen LogP contribution in [0, 0.1) is 0 Å². The first-order valence-corrected chi connectivity index (χ1v) is 8.71. The molecular formula is C20H18N4O2. The van der Waals surface area contributed by atoms with Gasteiger partial charge in [-0.05, 0) is 25.0 Å². The number of nitrogens with zero attached hydrogens (tertiary/aromatic N) is 2. The summed E-state index contributed by atoms with van der Waals surface area (Å²) in [5.74, 6) is 2.87. The molecule has 2 aliphatic rings. The van der Waals surface area contributed by atoms with Crippen molar-refractivity contribution in [2.45, 2.75) is 18.9 Å². The summed E-state index contributed by atoms with van der Waals surface area (Å²) in [6.07, 6.45) is 2.38. The average molecular weight is 346 g/mol. The lowest BCUT2D eigenvalue weighted by Crippen LogP contribution is -2.06. The molecule has 2 aromatic carbocycles. The molecule has 2 heterocycles. The molecule has 0 atom stereocenters. The van der Waals surface area contributed by atoms with Crippen molar-refractivity contribution in [3.05, 3.63) is 54.6 Å². The van der Waals surface area contributed by atoms with Gasteiger partial charge in [0.05, 0.1) is 5.69 Å². The van der Waals surface area contributed by atoms with Gasteiger partial charge in [-0.2, -0.15) is 4.98 Å². The summed E-state index contributed by atoms with van der Waals surface area (Å²) >= 11 is 0. The molecule has 2 N–H and O–H groups in total. The number of benzene rings is 2. The number of ether oxygens (including phenoxy) is 2. The van der Waals surface area contributed by atoms with Gasteiger partial charge in [-0.1, -0.05) is 30.3 Å². The summed E-state index contributed by atoms with van der Waals surface area (Å²) in [5, 5.41) is 6.74. The Labute approximate surface area is 151 Å². The van der Waals surface area contributed by atoms with Crippen LogP contribution in [0.2, 0.25) is 0 Å². The van der Waals surface area contributed by atoms with Crippen molar-refractivity contribution >= 4 is 17.5 Å². The highest BCUT2D eigenvalue weighted by Crippen LogP contribution is 2.35. The summed E-state index contributed by atoms with van der Waals surface area (Å²) in [5.41, 5.74) is 2.80. The summed E-state index contributed by atoms with van der Waals surface area (Å²) < 4.78 is 10.8. The molecular weight excluding hydrogens is 328 g/mol. The Balaban J connectivity index is 1.48. The Kier molecular flexibility index (Phi) is 3.59. The van der Waals surface area contributed by atoms with E-state index in [9.17, 15) is 0 Å². The maximum atomic E-state index is 5.44. The fraction of sp³-hybridized carbons (Fsp3) is 0.200. The predicted molar refractivity (Wildman–Crippen MR) is 100.0 cm³/mol. The smallest absolute Gasteiger partial charge is 0.231 e. The molecule has 0 radical (unpaired) electrons. The third-order valence-electron chi connectivity index (χ3n) is 4.35. The molecule has 0 unspecified atom stereocenters. The Morgan fingerprint density at radius 1 is 0.885 bits per heavy atom. The van der Waals surface area contributed by atoms with Crippen LogP contribution in [-0.4, -0.2) is 22.8 Å². The second-order valence-corrected chi connectivity index (χ2v) is 6.44. The normalized spacial score (nSPS) is 14.9.